The maximum absolute atomic E-state index is 13.1. The Morgan fingerprint density at radius 1 is 1.06 bits per heavy atom. The average Bonchev–Trinajstić information content (AvgIpc) is 2.35. The van der Waals surface area contributed by atoms with Crippen molar-refractivity contribution in [3.05, 3.63) is 42.2 Å². The quantitative estimate of drug-likeness (QED) is 0.636. The zero-order valence-corrected chi connectivity index (χ0v) is 10.8. The monoisotopic (exact) mass is 263 g/mol. The minimum absolute atomic E-state index is 0.192. The molecule has 0 atom stereocenters. The van der Waals surface area contributed by atoms with Crippen molar-refractivity contribution < 1.29 is 4.39 Å². The summed E-state index contributed by atoms with van der Waals surface area (Å²) in [6.07, 6.45) is 2.06. The van der Waals surface area contributed by atoms with Crippen LogP contribution < -0.4 is 5.32 Å². The van der Waals surface area contributed by atoms with Crippen LogP contribution in [0.15, 0.2) is 51.1 Å². The van der Waals surface area contributed by atoms with Crippen molar-refractivity contribution in [1.82, 2.24) is 0 Å². The lowest BCUT2D eigenvalue weighted by Crippen LogP contribution is -2.00. The van der Waals surface area contributed by atoms with Crippen LogP contribution in [0, 0.1) is 5.82 Å². The van der Waals surface area contributed by atoms with Gasteiger partial charge in [-0.15, -0.1) is 11.8 Å². The third-order valence-corrected chi connectivity index (χ3v) is 4.48. The first-order valence-corrected chi connectivity index (χ1v) is 7.23. The van der Waals surface area contributed by atoms with E-state index in [0.29, 0.717) is 0 Å². The predicted molar refractivity (Wildman–Crippen MR) is 72.0 cm³/mol. The van der Waals surface area contributed by atoms with Crippen LogP contribution in [0.3, 0.4) is 0 Å². The normalized spacial score (nSPS) is 12.6. The van der Waals surface area contributed by atoms with Gasteiger partial charge in [0.2, 0.25) is 0 Å². The van der Waals surface area contributed by atoms with E-state index in [1.54, 1.807) is 35.7 Å². The molecular weight excluding hydrogens is 253 g/mol. The molecule has 1 nitrogen and oxygen atoms in total. The van der Waals surface area contributed by atoms with E-state index in [1.807, 2.05) is 0 Å². The number of hydrogen-bond acceptors (Lipinski definition) is 3. The van der Waals surface area contributed by atoms with E-state index in [0.717, 1.165) is 21.2 Å². The van der Waals surface area contributed by atoms with E-state index in [2.05, 4.69) is 29.8 Å². The minimum Gasteiger partial charge on any atom is -0.354 e. The van der Waals surface area contributed by atoms with Crippen molar-refractivity contribution in [1.29, 1.82) is 0 Å². The van der Waals surface area contributed by atoms with Crippen LogP contribution in [0.1, 0.15) is 0 Å². The molecule has 0 amide bonds. The standard InChI is InChI=1S/C13H10FNS2/c1-16-9-3-5-12-11(7-9)15-10-4-2-8(14)6-13(10)17-12/h2-7,15H,1H3. The highest BCUT2D eigenvalue weighted by Crippen LogP contribution is 2.45. The van der Waals surface area contributed by atoms with E-state index >= 15 is 0 Å². The fourth-order valence-corrected chi connectivity index (χ4v) is 3.20. The highest BCUT2D eigenvalue weighted by molar-refractivity contribution is 8.00. The first kappa shape index (κ1) is 11.0. The van der Waals surface area contributed by atoms with Crippen molar-refractivity contribution in [2.24, 2.45) is 0 Å². The molecule has 0 spiro atoms. The topological polar surface area (TPSA) is 12.0 Å². The van der Waals surface area contributed by atoms with Crippen LogP contribution in [-0.2, 0) is 0 Å². The lowest BCUT2D eigenvalue weighted by atomic mass is 10.2. The molecule has 0 saturated heterocycles. The summed E-state index contributed by atoms with van der Waals surface area (Å²) in [6, 6.07) is 11.1. The molecule has 1 aliphatic heterocycles. The first-order chi connectivity index (χ1) is 8.26. The molecule has 1 N–H and O–H groups in total. The zero-order valence-electron chi connectivity index (χ0n) is 9.16. The van der Waals surface area contributed by atoms with Crippen LogP contribution >= 0.6 is 23.5 Å². The number of benzene rings is 2. The van der Waals surface area contributed by atoms with Gasteiger partial charge >= 0.3 is 0 Å². The van der Waals surface area contributed by atoms with E-state index in [1.165, 1.54) is 11.0 Å². The van der Waals surface area contributed by atoms with Gasteiger partial charge in [-0.2, -0.15) is 0 Å². The van der Waals surface area contributed by atoms with Crippen molar-refractivity contribution >= 4 is 34.9 Å². The molecule has 0 fully saturated rings. The summed E-state index contributed by atoms with van der Waals surface area (Å²) >= 11 is 3.32. The molecule has 0 unspecified atom stereocenters. The second kappa shape index (κ2) is 4.27. The Kier molecular flexibility index (Phi) is 2.76. The largest absolute Gasteiger partial charge is 0.354 e. The molecule has 1 heterocycles. The van der Waals surface area contributed by atoms with Crippen molar-refractivity contribution in [2.75, 3.05) is 11.6 Å². The minimum atomic E-state index is -0.192. The van der Waals surface area contributed by atoms with Gasteiger partial charge in [0.25, 0.3) is 0 Å². The van der Waals surface area contributed by atoms with Gasteiger partial charge in [-0.1, -0.05) is 11.8 Å². The fourth-order valence-electron chi connectivity index (χ4n) is 1.77. The zero-order chi connectivity index (χ0) is 11.8. The Morgan fingerprint density at radius 3 is 2.76 bits per heavy atom. The maximum Gasteiger partial charge on any atom is 0.124 e. The molecule has 0 bridgehead atoms. The predicted octanol–water partition coefficient (Wildman–Crippen LogP) is 4.76. The van der Waals surface area contributed by atoms with Gasteiger partial charge < -0.3 is 5.32 Å². The molecule has 17 heavy (non-hydrogen) atoms. The molecule has 4 heteroatoms. The highest BCUT2D eigenvalue weighted by Gasteiger charge is 2.16. The molecule has 3 rings (SSSR count). The van der Waals surface area contributed by atoms with E-state index in [4.69, 9.17) is 0 Å². The molecule has 86 valence electrons. The van der Waals surface area contributed by atoms with Crippen LogP contribution in [-0.4, -0.2) is 6.26 Å². The van der Waals surface area contributed by atoms with Gasteiger partial charge in [0.15, 0.2) is 0 Å². The van der Waals surface area contributed by atoms with Gasteiger partial charge in [0.1, 0.15) is 5.82 Å². The second-order valence-electron chi connectivity index (χ2n) is 3.73. The molecule has 0 saturated carbocycles. The Labute approximate surface area is 108 Å². The molecular formula is C13H10FNS2. The molecule has 0 aromatic heterocycles. The summed E-state index contributed by atoms with van der Waals surface area (Å²) in [6.45, 7) is 0. The van der Waals surface area contributed by atoms with Crippen LogP contribution in [0.4, 0.5) is 15.8 Å². The first-order valence-electron chi connectivity index (χ1n) is 5.19. The van der Waals surface area contributed by atoms with Gasteiger partial charge in [0.05, 0.1) is 11.4 Å². The van der Waals surface area contributed by atoms with Gasteiger partial charge in [-0.05, 0) is 42.7 Å². The Morgan fingerprint density at radius 2 is 1.94 bits per heavy atom. The molecule has 0 aliphatic carbocycles. The second-order valence-corrected chi connectivity index (χ2v) is 5.69. The van der Waals surface area contributed by atoms with E-state index in [9.17, 15) is 4.39 Å². The summed E-state index contributed by atoms with van der Waals surface area (Å²) in [7, 11) is 0. The van der Waals surface area contributed by atoms with E-state index in [-0.39, 0.29) is 5.82 Å². The van der Waals surface area contributed by atoms with Gasteiger partial charge in [-0.3, -0.25) is 0 Å². The number of rotatable bonds is 1. The van der Waals surface area contributed by atoms with Crippen molar-refractivity contribution in [3.8, 4) is 0 Å². The smallest absolute Gasteiger partial charge is 0.124 e. The number of anilines is 2. The van der Waals surface area contributed by atoms with E-state index < -0.39 is 0 Å². The van der Waals surface area contributed by atoms with Crippen LogP contribution in [0.5, 0.6) is 0 Å². The van der Waals surface area contributed by atoms with Crippen LogP contribution in [0.2, 0.25) is 0 Å². The SMILES string of the molecule is CSc1ccc2c(c1)Nc1ccc(F)cc1S2. The summed E-state index contributed by atoms with van der Waals surface area (Å²) in [5.41, 5.74) is 2.07. The Bertz CT molecular complexity index is 584. The van der Waals surface area contributed by atoms with Crippen molar-refractivity contribution in [2.45, 2.75) is 14.7 Å². The highest BCUT2D eigenvalue weighted by atomic mass is 32.2. The lowest BCUT2D eigenvalue weighted by Gasteiger charge is -2.21. The Balaban J connectivity index is 2.04. The molecule has 0 radical (unpaired) electrons. The van der Waals surface area contributed by atoms with Gasteiger partial charge in [-0.25, -0.2) is 4.39 Å². The molecule has 1 aliphatic rings. The number of fused-ring (bicyclic) bond motifs is 2. The number of hydrogen-bond donors (Lipinski definition) is 1. The summed E-state index contributed by atoms with van der Waals surface area (Å²) < 4.78 is 13.1. The van der Waals surface area contributed by atoms with Crippen molar-refractivity contribution in [3.63, 3.8) is 0 Å². The van der Waals surface area contributed by atoms with Crippen LogP contribution in [0.25, 0.3) is 0 Å². The lowest BCUT2D eigenvalue weighted by molar-refractivity contribution is 0.624. The molecule has 2 aromatic carbocycles. The summed E-state index contributed by atoms with van der Waals surface area (Å²) in [5, 5.41) is 3.34. The third-order valence-electron chi connectivity index (χ3n) is 2.62. The number of halogens is 1. The average molecular weight is 263 g/mol. The summed E-state index contributed by atoms with van der Waals surface area (Å²) in [4.78, 5) is 3.30. The number of thioether (sulfide) groups is 1. The van der Waals surface area contributed by atoms with Gasteiger partial charge in [0, 0.05) is 14.7 Å². The Hall–Kier alpha value is -1.13. The third kappa shape index (κ3) is 2.03. The molecule has 2 aromatic rings. The maximum atomic E-state index is 13.1. The number of nitrogens with one attached hydrogen (secondary N) is 1. The fraction of sp³-hybridized carbons (Fsp3) is 0.0769. The summed E-state index contributed by atoms with van der Waals surface area (Å²) in [5.74, 6) is -0.192.